The van der Waals surface area contributed by atoms with Gasteiger partial charge in [-0.1, -0.05) is 11.6 Å². The number of ether oxygens (including phenoxy) is 2. The van der Waals surface area contributed by atoms with Crippen LogP contribution in [-0.4, -0.2) is 48.7 Å². The quantitative estimate of drug-likeness (QED) is 0.793. The van der Waals surface area contributed by atoms with Crippen LogP contribution in [0, 0.1) is 0 Å². The predicted octanol–water partition coefficient (Wildman–Crippen LogP) is 2.67. The maximum absolute atomic E-state index is 12.3. The highest BCUT2D eigenvalue weighted by Gasteiger charge is 2.40. The zero-order chi connectivity index (χ0) is 16.3. The number of rotatable bonds is 4. The number of hydrogen-bond donors (Lipinski definition) is 0. The summed E-state index contributed by atoms with van der Waals surface area (Å²) in [5.41, 5.74) is 0.590. The summed E-state index contributed by atoms with van der Waals surface area (Å²) in [5.74, 6) is -0.498. The lowest BCUT2D eigenvalue weighted by Crippen LogP contribution is -2.47. The standard InChI is InChI=1S/C17H20ClNO4/c18-14-3-1-13(2-4-14)15(20)5-6-16(21)19-9-7-17(8-10-19)22-11-12-23-17/h1-4H,5-12H2. The number of nitrogens with zero attached hydrogens (tertiary/aromatic N) is 1. The summed E-state index contributed by atoms with van der Waals surface area (Å²) < 4.78 is 11.3. The van der Waals surface area contributed by atoms with E-state index in [1.165, 1.54) is 0 Å². The number of hydrogen-bond acceptors (Lipinski definition) is 4. The molecule has 0 atom stereocenters. The molecule has 0 bridgehead atoms. The van der Waals surface area contributed by atoms with Crippen molar-refractivity contribution in [2.75, 3.05) is 26.3 Å². The predicted molar refractivity (Wildman–Crippen MR) is 85.5 cm³/mol. The molecule has 1 aromatic rings. The third-order valence-electron chi connectivity index (χ3n) is 4.42. The summed E-state index contributed by atoms with van der Waals surface area (Å²) in [6.45, 7) is 2.50. The fourth-order valence-electron chi connectivity index (χ4n) is 3.04. The Morgan fingerprint density at radius 3 is 2.26 bits per heavy atom. The number of likely N-dealkylation sites (tertiary alicyclic amines) is 1. The van der Waals surface area contributed by atoms with E-state index in [1.807, 2.05) is 0 Å². The molecule has 0 unspecified atom stereocenters. The summed E-state index contributed by atoms with van der Waals surface area (Å²) in [7, 11) is 0. The van der Waals surface area contributed by atoms with Crippen LogP contribution < -0.4 is 0 Å². The third kappa shape index (κ3) is 3.91. The number of piperidine rings is 1. The first-order valence-corrected chi connectivity index (χ1v) is 8.30. The number of Topliss-reactive ketones (excluding diaryl/α,β-unsaturated/α-hetero) is 1. The highest BCUT2D eigenvalue weighted by atomic mass is 35.5. The van der Waals surface area contributed by atoms with Crippen LogP contribution in [0.3, 0.4) is 0 Å². The van der Waals surface area contributed by atoms with Gasteiger partial charge in [-0.25, -0.2) is 0 Å². The van der Waals surface area contributed by atoms with Crippen LogP contribution in [0.15, 0.2) is 24.3 Å². The zero-order valence-corrected chi connectivity index (χ0v) is 13.7. The van der Waals surface area contributed by atoms with Gasteiger partial charge in [-0.15, -0.1) is 0 Å². The number of ketones is 1. The Labute approximate surface area is 140 Å². The molecule has 2 aliphatic heterocycles. The molecule has 1 spiro atoms. The van der Waals surface area contributed by atoms with E-state index in [0.717, 1.165) is 0 Å². The lowest BCUT2D eigenvalue weighted by molar-refractivity contribution is -0.187. The molecule has 23 heavy (non-hydrogen) atoms. The Morgan fingerprint density at radius 1 is 1.04 bits per heavy atom. The number of carbonyl (C=O) groups excluding carboxylic acids is 2. The maximum Gasteiger partial charge on any atom is 0.223 e. The molecule has 124 valence electrons. The fraction of sp³-hybridized carbons (Fsp3) is 0.529. The maximum atomic E-state index is 12.3. The number of carbonyl (C=O) groups is 2. The topological polar surface area (TPSA) is 55.8 Å². The molecule has 5 nitrogen and oxygen atoms in total. The van der Waals surface area contributed by atoms with E-state index in [9.17, 15) is 9.59 Å². The van der Waals surface area contributed by atoms with Gasteiger partial charge in [0.15, 0.2) is 11.6 Å². The molecule has 0 N–H and O–H groups in total. The van der Waals surface area contributed by atoms with E-state index in [4.69, 9.17) is 21.1 Å². The number of benzene rings is 1. The smallest absolute Gasteiger partial charge is 0.223 e. The van der Waals surface area contributed by atoms with Gasteiger partial charge >= 0.3 is 0 Å². The summed E-state index contributed by atoms with van der Waals surface area (Å²) in [6.07, 6.45) is 1.85. The van der Waals surface area contributed by atoms with E-state index in [0.29, 0.717) is 49.7 Å². The van der Waals surface area contributed by atoms with Crippen LogP contribution in [0.2, 0.25) is 5.02 Å². The molecular weight excluding hydrogens is 318 g/mol. The van der Waals surface area contributed by atoms with Crippen LogP contribution in [0.4, 0.5) is 0 Å². The van der Waals surface area contributed by atoms with Crippen LogP contribution in [0.5, 0.6) is 0 Å². The van der Waals surface area contributed by atoms with Gasteiger partial charge < -0.3 is 14.4 Å². The lowest BCUT2D eigenvalue weighted by atomic mass is 10.0. The van der Waals surface area contributed by atoms with Gasteiger partial charge in [0.2, 0.25) is 5.91 Å². The van der Waals surface area contributed by atoms with Crippen molar-refractivity contribution in [2.24, 2.45) is 0 Å². The first-order valence-electron chi connectivity index (χ1n) is 7.92. The highest BCUT2D eigenvalue weighted by Crippen LogP contribution is 2.31. The van der Waals surface area contributed by atoms with Gasteiger partial charge in [0.25, 0.3) is 0 Å². The molecule has 2 heterocycles. The van der Waals surface area contributed by atoms with Gasteiger partial charge in [0.05, 0.1) is 13.2 Å². The van der Waals surface area contributed by atoms with E-state index < -0.39 is 5.79 Å². The Kier molecular flexibility index (Phi) is 4.99. The van der Waals surface area contributed by atoms with Gasteiger partial charge in [-0.3, -0.25) is 9.59 Å². The summed E-state index contributed by atoms with van der Waals surface area (Å²) in [4.78, 5) is 26.2. The average Bonchev–Trinajstić information content (AvgIpc) is 3.02. The molecule has 0 saturated carbocycles. The van der Waals surface area contributed by atoms with E-state index in [-0.39, 0.29) is 24.5 Å². The molecule has 0 aliphatic carbocycles. The van der Waals surface area contributed by atoms with Crippen molar-refractivity contribution in [1.29, 1.82) is 0 Å². The molecule has 2 saturated heterocycles. The van der Waals surface area contributed by atoms with Crippen molar-refractivity contribution >= 4 is 23.3 Å². The molecule has 0 radical (unpaired) electrons. The summed E-state index contributed by atoms with van der Waals surface area (Å²) >= 11 is 5.80. The van der Waals surface area contributed by atoms with Crippen molar-refractivity contribution in [3.8, 4) is 0 Å². The second-order valence-corrected chi connectivity index (χ2v) is 6.35. The second-order valence-electron chi connectivity index (χ2n) is 5.92. The lowest BCUT2D eigenvalue weighted by Gasteiger charge is -2.37. The Balaban J connectivity index is 1.46. The first kappa shape index (κ1) is 16.4. The summed E-state index contributed by atoms with van der Waals surface area (Å²) in [5, 5.41) is 0.594. The molecule has 1 aromatic carbocycles. The minimum atomic E-state index is -0.476. The van der Waals surface area contributed by atoms with Crippen molar-refractivity contribution in [3.63, 3.8) is 0 Å². The molecule has 0 aromatic heterocycles. The SMILES string of the molecule is O=C(CCC(=O)N1CCC2(CC1)OCCO2)c1ccc(Cl)cc1. The number of amides is 1. The fourth-order valence-corrected chi connectivity index (χ4v) is 3.17. The largest absolute Gasteiger partial charge is 0.347 e. The van der Waals surface area contributed by atoms with E-state index in [1.54, 1.807) is 29.2 Å². The summed E-state index contributed by atoms with van der Waals surface area (Å²) in [6, 6.07) is 6.74. The molecule has 3 rings (SSSR count). The zero-order valence-electron chi connectivity index (χ0n) is 12.9. The Morgan fingerprint density at radius 2 is 1.65 bits per heavy atom. The van der Waals surface area contributed by atoms with Gasteiger partial charge in [0.1, 0.15) is 0 Å². The van der Waals surface area contributed by atoms with Gasteiger partial charge in [-0.2, -0.15) is 0 Å². The van der Waals surface area contributed by atoms with Crippen LogP contribution in [0.25, 0.3) is 0 Å². The minimum absolute atomic E-state index is 0.0140. The Hall–Kier alpha value is -1.43. The molecular formula is C17H20ClNO4. The van der Waals surface area contributed by atoms with Crippen molar-refractivity contribution in [2.45, 2.75) is 31.5 Å². The molecule has 2 fully saturated rings. The normalized spacial score (nSPS) is 20.0. The highest BCUT2D eigenvalue weighted by molar-refractivity contribution is 6.30. The molecule has 6 heteroatoms. The van der Waals surface area contributed by atoms with Crippen LogP contribution >= 0.6 is 11.6 Å². The number of halogens is 1. The van der Waals surface area contributed by atoms with Crippen LogP contribution in [0.1, 0.15) is 36.0 Å². The third-order valence-corrected chi connectivity index (χ3v) is 4.68. The van der Waals surface area contributed by atoms with Crippen molar-refractivity contribution < 1.29 is 19.1 Å². The molecule has 2 aliphatic rings. The van der Waals surface area contributed by atoms with E-state index in [2.05, 4.69) is 0 Å². The first-order chi connectivity index (χ1) is 11.1. The van der Waals surface area contributed by atoms with Crippen molar-refractivity contribution in [1.82, 2.24) is 4.90 Å². The monoisotopic (exact) mass is 337 g/mol. The average molecular weight is 338 g/mol. The van der Waals surface area contributed by atoms with Crippen LogP contribution in [-0.2, 0) is 14.3 Å². The minimum Gasteiger partial charge on any atom is -0.347 e. The van der Waals surface area contributed by atoms with Gasteiger partial charge in [0, 0.05) is 49.4 Å². The van der Waals surface area contributed by atoms with Gasteiger partial charge in [-0.05, 0) is 24.3 Å². The van der Waals surface area contributed by atoms with Crippen molar-refractivity contribution in [3.05, 3.63) is 34.9 Å². The second kappa shape index (κ2) is 6.99. The Bertz CT molecular complexity index is 571. The van der Waals surface area contributed by atoms with E-state index >= 15 is 0 Å². The molecule has 1 amide bonds.